The minimum atomic E-state index is -2.93. The highest BCUT2D eigenvalue weighted by molar-refractivity contribution is 7.91. The standard InChI is InChI=1S/C14H24N2O3S/c1-2-16(11-3-8-20(18,19)10-11)13(17)12-9-14(12)4-6-15-7-5-14/h11-12,15H,2-10H2,1H3. The van der Waals surface area contributed by atoms with Gasteiger partial charge in [-0.25, -0.2) is 8.42 Å². The number of hydrogen-bond acceptors (Lipinski definition) is 4. The fraction of sp³-hybridized carbons (Fsp3) is 0.929. The summed E-state index contributed by atoms with van der Waals surface area (Å²) in [7, 11) is -2.93. The van der Waals surface area contributed by atoms with Gasteiger partial charge in [-0.15, -0.1) is 0 Å². The molecule has 0 aromatic heterocycles. The van der Waals surface area contributed by atoms with Crippen molar-refractivity contribution in [3.63, 3.8) is 0 Å². The maximum atomic E-state index is 12.7. The Morgan fingerprint density at radius 2 is 2.05 bits per heavy atom. The lowest BCUT2D eigenvalue weighted by molar-refractivity contribution is -0.135. The normalized spacial score (nSPS) is 34.0. The van der Waals surface area contributed by atoms with E-state index in [1.165, 1.54) is 0 Å². The summed E-state index contributed by atoms with van der Waals surface area (Å²) in [5.41, 5.74) is 0.229. The van der Waals surface area contributed by atoms with Crippen LogP contribution in [0.5, 0.6) is 0 Å². The van der Waals surface area contributed by atoms with Crippen LogP contribution in [-0.2, 0) is 14.6 Å². The maximum absolute atomic E-state index is 12.7. The van der Waals surface area contributed by atoms with E-state index in [-0.39, 0.29) is 34.8 Å². The molecule has 1 saturated carbocycles. The van der Waals surface area contributed by atoms with Crippen LogP contribution in [0.3, 0.4) is 0 Å². The zero-order valence-electron chi connectivity index (χ0n) is 12.1. The second kappa shape index (κ2) is 4.98. The average molecular weight is 300 g/mol. The van der Waals surface area contributed by atoms with Crippen LogP contribution in [0, 0.1) is 11.3 Å². The van der Waals surface area contributed by atoms with E-state index in [4.69, 9.17) is 0 Å². The van der Waals surface area contributed by atoms with Crippen molar-refractivity contribution in [1.82, 2.24) is 10.2 Å². The second-order valence-corrected chi connectivity index (χ2v) is 8.78. The van der Waals surface area contributed by atoms with Crippen LogP contribution in [0.4, 0.5) is 0 Å². The minimum Gasteiger partial charge on any atom is -0.339 e. The Morgan fingerprint density at radius 3 is 2.60 bits per heavy atom. The SMILES string of the molecule is CCN(C(=O)C1CC12CCNCC2)C1CCS(=O)(=O)C1. The molecule has 2 heterocycles. The first kappa shape index (κ1) is 14.3. The molecule has 1 spiro atoms. The summed E-state index contributed by atoms with van der Waals surface area (Å²) >= 11 is 0. The van der Waals surface area contributed by atoms with Crippen molar-refractivity contribution in [1.29, 1.82) is 0 Å². The Kier molecular flexibility index (Phi) is 3.57. The van der Waals surface area contributed by atoms with Crippen molar-refractivity contribution in [2.45, 2.75) is 38.6 Å². The molecule has 0 aromatic carbocycles. The molecule has 2 aliphatic heterocycles. The summed E-state index contributed by atoms with van der Waals surface area (Å²) < 4.78 is 23.2. The summed E-state index contributed by atoms with van der Waals surface area (Å²) in [4.78, 5) is 14.6. The maximum Gasteiger partial charge on any atom is 0.226 e. The number of nitrogens with zero attached hydrogens (tertiary/aromatic N) is 1. The van der Waals surface area contributed by atoms with Crippen molar-refractivity contribution in [2.75, 3.05) is 31.1 Å². The molecule has 1 amide bonds. The lowest BCUT2D eigenvalue weighted by Gasteiger charge is -2.29. The van der Waals surface area contributed by atoms with Crippen molar-refractivity contribution in [3.8, 4) is 0 Å². The third-order valence-corrected chi connectivity index (χ3v) is 7.11. The summed E-state index contributed by atoms with van der Waals surface area (Å²) in [6, 6.07) is -0.0862. The summed E-state index contributed by atoms with van der Waals surface area (Å²) in [5.74, 6) is 0.749. The Labute approximate surface area is 121 Å². The molecule has 0 radical (unpaired) electrons. The molecule has 2 unspecified atom stereocenters. The summed E-state index contributed by atoms with van der Waals surface area (Å²) in [6.07, 6.45) is 3.79. The van der Waals surface area contributed by atoms with Crippen LogP contribution in [0.25, 0.3) is 0 Å². The van der Waals surface area contributed by atoms with Gasteiger partial charge in [0.15, 0.2) is 9.84 Å². The van der Waals surface area contributed by atoms with Gasteiger partial charge < -0.3 is 10.2 Å². The van der Waals surface area contributed by atoms with E-state index in [1.54, 1.807) is 0 Å². The number of hydrogen-bond donors (Lipinski definition) is 1. The van der Waals surface area contributed by atoms with Gasteiger partial charge >= 0.3 is 0 Å². The van der Waals surface area contributed by atoms with Gasteiger partial charge in [0.05, 0.1) is 11.5 Å². The Hall–Kier alpha value is -0.620. The van der Waals surface area contributed by atoms with Crippen LogP contribution < -0.4 is 5.32 Å². The molecule has 3 aliphatic rings. The zero-order valence-corrected chi connectivity index (χ0v) is 12.9. The highest BCUT2D eigenvalue weighted by atomic mass is 32.2. The predicted molar refractivity (Wildman–Crippen MR) is 77.1 cm³/mol. The topological polar surface area (TPSA) is 66.5 Å². The quantitative estimate of drug-likeness (QED) is 0.820. The minimum absolute atomic E-state index is 0.0862. The molecule has 0 aromatic rings. The molecule has 2 saturated heterocycles. The van der Waals surface area contributed by atoms with Crippen LogP contribution in [0.2, 0.25) is 0 Å². The zero-order chi connectivity index (χ0) is 14.4. The first-order valence-corrected chi connectivity index (χ1v) is 9.51. The van der Waals surface area contributed by atoms with E-state index in [1.807, 2.05) is 11.8 Å². The summed E-state index contributed by atoms with van der Waals surface area (Å²) in [6.45, 7) is 4.60. The highest BCUT2D eigenvalue weighted by Crippen LogP contribution is 2.59. The van der Waals surface area contributed by atoms with Gasteiger partial charge in [0.2, 0.25) is 5.91 Å². The fourth-order valence-electron chi connectivity index (χ4n) is 3.99. The van der Waals surface area contributed by atoms with Gasteiger partial charge in [-0.2, -0.15) is 0 Å². The van der Waals surface area contributed by atoms with Crippen LogP contribution >= 0.6 is 0 Å². The largest absolute Gasteiger partial charge is 0.339 e. The predicted octanol–water partition coefficient (Wildman–Crippen LogP) is 0.412. The summed E-state index contributed by atoms with van der Waals surface area (Å²) in [5, 5.41) is 3.34. The number of nitrogens with one attached hydrogen (secondary N) is 1. The van der Waals surface area contributed by atoms with E-state index in [9.17, 15) is 13.2 Å². The lowest BCUT2D eigenvalue weighted by Crippen LogP contribution is -2.43. The molecule has 2 atom stereocenters. The van der Waals surface area contributed by atoms with Crippen LogP contribution in [-0.4, -0.2) is 56.4 Å². The molecule has 114 valence electrons. The van der Waals surface area contributed by atoms with Gasteiger partial charge in [0.25, 0.3) is 0 Å². The monoisotopic (exact) mass is 300 g/mol. The van der Waals surface area contributed by atoms with E-state index in [0.29, 0.717) is 13.0 Å². The first-order chi connectivity index (χ1) is 9.47. The van der Waals surface area contributed by atoms with E-state index in [2.05, 4.69) is 5.32 Å². The Morgan fingerprint density at radius 1 is 1.35 bits per heavy atom. The second-order valence-electron chi connectivity index (χ2n) is 6.55. The van der Waals surface area contributed by atoms with E-state index < -0.39 is 9.84 Å². The van der Waals surface area contributed by atoms with Gasteiger partial charge in [0.1, 0.15) is 0 Å². The Bertz CT molecular complexity index is 497. The van der Waals surface area contributed by atoms with Crippen molar-refractivity contribution in [3.05, 3.63) is 0 Å². The van der Waals surface area contributed by atoms with Gasteiger partial charge in [-0.1, -0.05) is 0 Å². The molecule has 6 heteroatoms. The van der Waals surface area contributed by atoms with E-state index >= 15 is 0 Å². The number of carbonyl (C=O) groups excluding carboxylic acids is 1. The van der Waals surface area contributed by atoms with Gasteiger partial charge in [-0.3, -0.25) is 4.79 Å². The smallest absolute Gasteiger partial charge is 0.226 e. The molecule has 20 heavy (non-hydrogen) atoms. The van der Waals surface area contributed by atoms with Gasteiger partial charge in [-0.05, 0) is 51.1 Å². The number of rotatable bonds is 3. The van der Waals surface area contributed by atoms with Crippen LogP contribution in [0.1, 0.15) is 32.6 Å². The molecule has 3 fully saturated rings. The fourth-order valence-corrected chi connectivity index (χ4v) is 5.72. The van der Waals surface area contributed by atoms with Gasteiger partial charge in [0, 0.05) is 18.5 Å². The number of sulfone groups is 1. The third-order valence-electron chi connectivity index (χ3n) is 5.36. The van der Waals surface area contributed by atoms with E-state index in [0.717, 1.165) is 32.4 Å². The lowest BCUT2D eigenvalue weighted by atomic mass is 9.91. The third kappa shape index (κ3) is 2.48. The van der Waals surface area contributed by atoms with Crippen molar-refractivity contribution in [2.24, 2.45) is 11.3 Å². The molecule has 1 aliphatic carbocycles. The number of piperidine rings is 1. The van der Waals surface area contributed by atoms with Crippen molar-refractivity contribution < 1.29 is 13.2 Å². The number of carbonyl (C=O) groups is 1. The number of amides is 1. The average Bonchev–Trinajstić information content (AvgIpc) is 2.98. The molecule has 5 nitrogen and oxygen atoms in total. The molecule has 1 N–H and O–H groups in total. The molecule has 3 rings (SSSR count). The highest BCUT2D eigenvalue weighted by Gasteiger charge is 2.59. The van der Waals surface area contributed by atoms with Crippen molar-refractivity contribution >= 4 is 15.7 Å². The first-order valence-electron chi connectivity index (χ1n) is 7.69. The Balaban J connectivity index is 1.67. The van der Waals surface area contributed by atoms with Crippen LogP contribution in [0.15, 0.2) is 0 Å². The molecular formula is C14H24N2O3S. The molecule has 0 bridgehead atoms. The molecular weight excluding hydrogens is 276 g/mol.